The van der Waals surface area contributed by atoms with E-state index in [1.165, 1.54) is 5.57 Å². The summed E-state index contributed by atoms with van der Waals surface area (Å²) in [5.74, 6) is -0.865. The minimum absolute atomic E-state index is 0.0553. The molecule has 0 aromatic rings. The van der Waals surface area contributed by atoms with Crippen LogP contribution >= 0.6 is 0 Å². The third-order valence-electron chi connectivity index (χ3n) is 20.3. The standard InChI is InChI=1S/C48H70O11/c1-42-15-8-16-47(26-42)32-22-27-12-13-29-23-33(58-40-36(52)34(50)35(51)37(59-40)39(53)54)44(3,28-10-6-7-11-28)31-14-18-43(2,38(27)45(29,31)4)46(32,17-9-21-49)19-20-48(47,41(55)56)30(24-42)25-57-5/h8,16,21-22,27-31,33-38,40,50-52H,6-7,9-15,17-20,23-26H2,1-5H3,(H,53,54)(H,55,56)/t27-,29-,30+,31+,33+,34+,35+,36-,37+,38+,40-,42+,43-,44+,45+,46-,47+,48+/m1/s1. The SMILES string of the molecule is COC[C@@H]1C[C@]2(C)CC=C[C@]3(C2)C2=C[C@H]4CC[C@@H]5C[C@H](O[C@@H]6O[C@H](C(=O)O)[C@@H](O)[C@H](O)[C@H]6O)[C@@](C)(C6CCCC6)[C@@H]6CC[C@](C)([C@H]4[C@@]56C)[C@]2(CCC=O)CC[C@@]13C(=O)O. The molecule has 1 spiro atoms. The Bertz CT molecular complexity index is 1770. The molecule has 8 aliphatic carbocycles. The lowest BCUT2D eigenvalue weighted by Crippen LogP contribution is -2.73. The fraction of sp³-hybridized carbons (Fsp3) is 0.854. The first kappa shape index (κ1) is 42.2. The minimum atomic E-state index is -1.78. The molecule has 9 rings (SSSR count). The number of ether oxygens (including phenoxy) is 3. The van der Waals surface area contributed by atoms with Crippen molar-refractivity contribution in [2.45, 2.75) is 167 Å². The van der Waals surface area contributed by atoms with Crippen LogP contribution in [0.2, 0.25) is 0 Å². The Morgan fingerprint density at radius 2 is 1.66 bits per heavy atom. The fourth-order valence-electron chi connectivity index (χ4n) is 18.2. The number of aliphatic hydroxyl groups is 3. The molecule has 0 amide bonds. The van der Waals surface area contributed by atoms with Crippen molar-refractivity contribution in [3.63, 3.8) is 0 Å². The van der Waals surface area contributed by atoms with Crippen LogP contribution in [0.25, 0.3) is 0 Å². The minimum Gasteiger partial charge on any atom is -0.481 e. The summed E-state index contributed by atoms with van der Waals surface area (Å²) in [7, 11) is 1.70. The number of hydrogen-bond donors (Lipinski definition) is 5. The van der Waals surface area contributed by atoms with Crippen molar-refractivity contribution in [1.29, 1.82) is 0 Å². The zero-order chi connectivity index (χ0) is 42.1. The van der Waals surface area contributed by atoms with Gasteiger partial charge in [-0.15, -0.1) is 0 Å². The van der Waals surface area contributed by atoms with Crippen LogP contribution < -0.4 is 0 Å². The van der Waals surface area contributed by atoms with E-state index < -0.39 is 53.5 Å². The van der Waals surface area contributed by atoms with E-state index in [4.69, 9.17) is 14.2 Å². The number of aliphatic hydroxyl groups excluding tert-OH is 3. The summed E-state index contributed by atoms with van der Waals surface area (Å²) in [4.78, 5) is 38.9. The quantitative estimate of drug-likeness (QED) is 0.0899. The van der Waals surface area contributed by atoms with Crippen molar-refractivity contribution in [2.24, 2.45) is 73.4 Å². The normalized spacial score (nSPS) is 53.7. The molecule has 0 aromatic carbocycles. The van der Waals surface area contributed by atoms with Gasteiger partial charge in [0.25, 0.3) is 0 Å². The van der Waals surface area contributed by atoms with Crippen molar-refractivity contribution in [2.75, 3.05) is 13.7 Å². The molecule has 9 aliphatic rings. The molecule has 11 nitrogen and oxygen atoms in total. The lowest BCUT2D eigenvalue weighted by Gasteiger charge is -2.78. The maximum absolute atomic E-state index is 14.2. The van der Waals surface area contributed by atoms with Gasteiger partial charge in [-0.25, -0.2) is 4.79 Å². The molecular formula is C48H70O11. The molecule has 7 fully saturated rings. The Hall–Kier alpha value is -2.15. The molecule has 0 radical (unpaired) electrons. The van der Waals surface area contributed by atoms with Gasteiger partial charge in [-0.1, -0.05) is 64.3 Å². The maximum atomic E-state index is 14.2. The molecule has 1 saturated heterocycles. The lowest BCUT2D eigenvalue weighted by atomic mass is 9.26. The number of carbonyl (C=O) groups excluding carboxylic acids is 1. The molecule has 0 aromatic heterocycles. The Labute approximate surface area is 349 Å². The Kier molecular flexibility index (Phi) is 10.1. The number of carboxylic acid groups (broad SMARTS) is 2. The zero-order valence-electron chi connectivity index (χ0n) is 35.9. The third kappa shape index (κ3) is 5.36. The van der Waals surface area contributed by atoms with Crippen molar-refractivity contribution >= 4 is 18.2 Å². The highest BCUT2D eigenvalue weighted by atomic mass is 16.7. The summed E-state index contributed by atoms with van der Waals surface area (Å²) < 4.78 is 18.6. The van der Waals surface area contributed by atoms with Crippen LogP contribution in [0.15, 0.2) is 23.8 Å². The number of carboxylic acids is 2. The molecule has 2 bridgehead atoms. The first-order valence-electron chi connectivity index (χ1n) is 23.1. The highest BCUT2D eigenvalue weighted by Gasteiger charge is 2.79. The van der Waals surface area contributed by atoms with E-state index in [2.05, 4.69) is 45.9 Å². The summed E-state index contributed by atoms with van der Waals surface area (Å²) in [6.45, 7) is 10.3. The summed E-state index contributed by atoms with van der Waals surface area (Å²) >= 11 is 0. The molecule has 328 valence electrons. The summed E-state index contributed by atoms with van der Waals surface area (Å²) in [6, 6.07) is 0. The van der Waals surface area contributed by atoms with Gasteiger partial charge in [0.05, 0.1) is 18.1 Å². The van der Waals surface area contributed by atoms with E-state index in [0.29, 0.717) is 44.1 Å². The average molecular weight is 823 g/mol. The van der Waals surface area contributed by atoms with Gasteiger partial charge in [-0.2, -0.15) is 0 Å². The van der Waals surface area contributed by atoms with Crippen LogP contribution in [0.4, 0.5) is 0 Å². The van der Waals surface area contributed by atoms with Crippen LogP contribution in [0.1, 0.15) is 130 Å². The molecular weight excluding hydrogens is 753 g/mol. The Morgan fingerprint density at radius 1 is 0.915 bits per heavy atom. The van der Waals surface area contributed by atoms with E-state index in [-0.39, 0.29) is 56.9 Å². The number of methoxy groups -OCH3 is 1. The van der Waals surface area contributed by atoms with E-state index >= 15 is 0 Å². The van der Waals surface area contributed by atoms with Crippen LogP contribution in [-0.4, -0.2) is 94.3 Å². The summed E-state index contributed by atoms with van der Waals surface area (Å²) in [6.07, 6.45) is 13.6. The molecule has 5 N–H and O–H groups in total. The second-order valence-corrected chi connectivity index (χ2v) is 22.3. The topological polar surface area (TPSA) is 180 Å². The van der Waals surface area contributed by atoms with E-state index in [0.717, 1.165) is 83.3 Å². The van der Waals surface area contributed by atoms with Crippen molar-refractivity contribution in [3.05, 3.63) is 23.8 Å². The molecule has 11 heteroatoms. The van der Waals surface area contributed by atoms with Gasteiger partial charge in [0.15, 0.2) is 12.4 Å². The van der Waals surface area contributed by atoms with Crippen molar-refractivity contribution < 1.29 is 54.1 Å². The van der Waals surface area contributed by atoms with Crippen molar-refractivity contribution in [1.82, 2.24) is 0 Å². The van der Waals surface area contributed by atoms with Crippen LogP contribution in [-0.2, 0) is 28.6 Å². The second-order valence-electron chi connectivity index (χ2n) is 22.3. The average Bonchev–Trinajstić information content (AvgIpc) is 3.73. The summed E-state index contributed by atoms with van der Waals surface area (Å²) in [5, 5.41) is 54.0. The van der Waals surface area contributed by atoms with Crippen molar-refractivity contribution in [3.8, 4) is 0 Å². The number of allylic oxidation sites excluding steroid dienone is 4. The van der Waals surface area contributed by atoms with Crippen LogP contribution in [0.5, 0.6) is 0 Å². The van der Waals surface area contributed by atoms with Gasteiger partial charge >= 0.3 is 11.9 Å². The van der Waals surface area contributed by atoms with Crippen LogP contribution in [0, 0.1) is 73.4 Å². The monoisotopic (exact) mass is 822 g/mol. The highest BCUT2D eigenvalue weighted by Crippen LogP contribution is 2.84. The first-order valence-corrected chi connectivity index (χ1v) is 23.1. The maximum Gasteiger partial charge on any atom is 0.335 e. The molecule has 59 heavy (non-hydrogen) atoms. The number of aliphatic carboxylic acids is 2. The van der Waals surface area contributed by atoms with Gasteiger partial charge in [0.1, 0.15) is 24.6 Å². The predicted octanol–water partition coefficient (Wildman–Crippen LogP) is 6.71. The van der Waals surface area contributed by atoms with Gasteiger partial charge in [0, 0.05) is 30.3 Å². The van der Waals surface area contributed by atoms with Gasteiger partial charge < -0.3 is 44.5 Å². The van der Waals surface area contributed by atoms with Crippen LogP contribution in [0.3, 0.4) is 0 Å². The number of fused-ring (bicyclic) bond motifs is 3. The van der Waals surface area contributed by atoms with Gasteiger partial charge in [-0.3, -0.25) is 4.79 Å². The smallest absolute Gasteiger partial charge is 0.335 e. The largest absolute Gasteiger partial charge is 0.481 e. The molecule has 0 unspecified atom stereocenters. The zero-order valence-corrected chi connectivity index (χ0v) is 35.9. The number of aldehydes is 1. The van der Waals surface area contributed by atoms with E-state index in [1.807, 2.05) is 0 Å². The summed E-state index contributed by atoms with van der Waals surface area (Å²) in [5.41, 5.74) is -1.43. The lowest BCUT2D eigenvalue weighted by molar-refractivity contribution is -0.340. The first-order chi connectivity index (χ1) is 27.9. The second kappa shape index (κ2) is 14.2. The molecule has 18 atom stereocenters. The van der Waals surface area contributed by atoms with E-state index in [1.54, 1.807) is 7.11 Å². The highest BCUT2D eigenvalue weighted by molar-refractivity contribution is 5.79. The molecule has 6 saturated carbocycles. The Balaban J connectivity index is 1.18. The van der Waals surface area contributed by atoms with Gasteiger partial charge in [0.2, 0.25) is 0 Å². The number of hydrogen-bond acceptors (Lipinski definition) is 9. The third-order valence-corrected chi connectivity index (χ3v) is 20.3. The predicted molar refractivity (Wildman–Crippen MR) is 217 cm³/mol. The van der Waals surface area contributed by atoms with E-state index in [9.17, 15) is 39.9 Å². The number of rotatable bonds is 10. The Morgan fingerprint density at radius 3 is 2.34 bits per heavy atom. The molecule has 1 aliphatic heterocycles. The fourth-order valence-corrected chi connectivity index (χ4v) is 18.2. The number of carbonyl (C=O) groups is 3. The van der Waals surface area contributed by atoms with Gasteiger partial charge in [-0.05, 0) is 135 Å². The molecule has 1 heterocycles.